The van der Waals surface area contributed by atoms with E-state index in [1.165, 1.54) is 7.11 Å². The maximum Gasteiger partial charge on any atom is 0.334 e. The number of hydrogen-bond donors (Lipinski definition) is 0. The molecule has 2 aromatic heterocycles. The molecule has 0 aliphatic rings. The Hall–Kier alpha value is -2.92. The molecule has 0 aliphatic heterocycles. The lowest BCUT2D eigenvalue weighted by atomic mass is 10.1. The van der Waals surface area contributed by atoms with Gasteiger partial charge in [0.25, 0.3) is 0 Å². The standard InChI is InChI=1S/C24H26ClN3O2/c1-3-4-9-23-27-16-21(28(23)17-19-7-5-6-8-22(19)25)15-20(24(29)30-2)14-18-10-12-26-13-11-18/h5-8,10-13,15-16H,3-4,9,14,17H2,1-2H3/b20-15+. The second-order valence-corrected chi connectivity index (χ2v) is 7.48. The highest BCUT2D eigenvalue weighted by Gasteiger charge is 2.15. The normalized spacial score (nSPS) is 11.5. The molecule has 3 aromatic rings. The quantitative estimate of drug-likeness (QED) is 0.354. The molecule has 156 valence electrons. The fourth-order valence-corrected chi connectivity index (χ4v) is 3.47. The van der Waals surface area contributed by atoms with Crippen LogP contribution in [-0.2, 0) is 28.9 Å². The van der Waals surface area contributed by atoms with Gasteiger partial charge in [-0.15, -0.1) is 0 Å². The predicted octanol–water partition coefficient (Wildman–Crippen LogP) is 5.12. The Kier molecular flexibility index (Phi) is 7.80. The van der Waals surface area contributed by atoms with Crippen LogP contribution in [0.3, 0.4) is 0 Å². The Labute approximate surface area is 182 Å². The number of halogens is 1. The second kappa shape index (κ2) is 10.7. The van der Waals surface area contributed by atoms with Crippen LogP contribution in [0.2, 0.25) is 5.02 Å². The number of unbranched alkanes of at least 4 members (excludes halogenated alkanes) is 1. The first-order valence-corrected chi connectivity index (χ1v) is 10.5. The molecule has 0 unspecified atom stereocenters. The zero-order valence-electron chi connectivity index (χ0n) is 17.3. The zero-order valence-corrected chi connectivity index (χ0v) is 18.1. The third-order valence-electron chi connectivity index (χ3n) is 4.92. The molecule has 0 atom stereocenters. The van der Waals surface area contributed by atoms with Gasteiger partial charge in [-0.2, -0.15) is 0 Å². The zero-order chi connectivity index (χ0) is 21.3. The topological polar surface area (TPSA) is 57.0 Å². The summed E-state index contributed by atoms with van der Waals surface area (Å²) >= 11 is 6.41. The maximum atomic E-state index is 12.5. The van der Waals surface area contributed by atoms with Gasteiger partial charge in [-0.1, -0.05) is 43.1 Å². The number of methoxy groups -OCH3 is 1. The van der Waals surface area contributed by atoms with Crippen molar-refractivity contribution in [3.63, 3.8) is 0 Å². The van der Waals surface area contributed by atoms with Crippen LogP contribution in [-0.4, -0.2) is 27.6 Å². The van der Waals surface area contributed by atoms with Crippen molar-refractivity contribution in [1.29, 1.82) is 0 Å². The molecule has 0 saturated heterocycles. The molecule has 1 aromatic carbocycles. The smallest absolute Gasteiger partial charge is 0.334 e. The van der Waals surface area contributed by atoms with Crippen molar-refractivity contribution in [2.24, 2.45) is 0 Å². The molecule has 0 N–H and O–H groups in total. The highest BCUT2D eigenvalue weighted by Crippen LogP contribution is 2.21. The molecule has 6 heteroatoms. The van der Waals surface area contributed by atoms with Gasteiger partial charge in [0.2, 0.25) is 0 Å². The lowest BCUT2D eigenvalue weighted by molar-refractivity contribution is -0.136. The van der Waals surface area contributed by atoms with Crippen molar-refractivity contribution in [1.82, 2.24) is 14.5 Å². The number of ether oxygens (including phenoxy) is 1. The Balaban J connectivity index is 2.00. The number of aryl methyl sites for hydroxylation is 1. The van der Waals surface area contributed by atoms with Crippen LogP contribution in [0.4, 0.5) is 0 Å². The number of benzene rings is 1. The number of nitrogens with zero attached hydrogens (tertiary/aromatic N) is 3. The fourth-order valence-electron chi connectivity index (χ4n) is 3.27. The van der Waals surface area contributed by atoms with E-state index in [4.69, 9.17) is 16.3 Å². The van der Waals surface area contributed by atoms with Crippen LogP contribution < -0.4 is 0 Å². The van der Waals surface area contributed by atoms with Gasteiger partial charge in [0, 0.05) is 35.8 Å². The largest absolute Gasteiger partial charge is 0.466 e. The number of pyridine rings is 1. The molecular formula is C24H26ClN3O2. The van der Waals surface area contributed by atoms with Gasteiger partial charge in [-0.25, -0.2) is 9.78 Å². The lowest BCUT2D eigenvalue weighted by Crippen LogP contribution is -2.11. The number of rotatable bonds is 9. The molecule has 0 fully saturated rings. The lowest BCUT2D eigenvalue weighted by Gasteiger charge is -2.13. The summed E-state index contributed by atoms with van der Waals surface area (Å²) < 4.78 is 7.16. The summed E-state index contributed by atoms with van der Waals surface area (Å²) in [5.41, 5.74) is 3.42. The molecule has 0 amide bonds. The molecule has 0 bridgehead atoms. The molecule has 0 saturated carbocycles. The number of hydrogen-bond acceptors (Lipinski definition) is 4. The molecule has 30 heavy (non-hydrogen) atoms. The van der Waals surface area contributed by atoms with Gasteiger partial charge in [0.05, 0.1) is 25.5 Å². The maximum absolute atomic E-state index is 12.5. The monoisotopic (exact) mass is 423 g/mol. The van der Waals surface area contributed by atoms with Crippen LogP contribution >= 0.6 is 11.6 Å². The van der Waals surface area contributed by atoms with E-state index in [-0.39, 0.29) is 5.97 Å². The Morgan fingerprint density at radius 3 is 2.67 bits per heavy atom. The number of carbonyl (C=O) groups is 1. The van der Waals surface area contributed by atoms with Crippen molar-refractivity contribution in [3.8, 4) is 0 Å². The van der Waals surface area contributed by atoms with Crippen LogP contribution in [0, 0.1) is 0 Å². The van der Waals surface area contributed by atoms with Gasteiger partial charge in [-0.05, 0) is 41.8 Å². The van der Waals surface area contributed by atoms with E-state index < -0.39 is 0 Å². The second-order valence-electron chi connectivity index (χ2n) is 7.07. The van der Waals surface area contributed by atoms with Gasteiger partial charge >= 0.3 is 5.97 Å². The molecular weight excluding hydrogens is 398 g/mol. The summed E-state index contributed by atoms with van der Waals surface area (Å²) in [6, 6.07) is 11.6. The van der Waals surface area contributed by atoms with E-state index in [0.717, 1.165) is 41.9 Å². The van der Waals surface area contributed by atoms with E-state index in [0.29, 0.717) is 23.6 Å². The fraction of sp³-hybridized carbons (Fsp3) is 0.292. The van der Waals surface area contributed by atoms with E-state index >= 15 is 0 Å². The minimum Gasteiger partial charge on any atom is -0.466 e. The molecule has 5 nitrogen and oxygen atoms in total. The highest BCUT2D eigenvalue weighted by atomic mass is 35.5. The predicted molar refractivity (Wildman–Crippen MR) is 119 cm³/mol. The summed E-state index contributed by atoms with van der Waals surface area (Å²) in [6.07, 6.45) is 10.6. The third kappa shape index (κ3) is 5.57. The van der Waals surface area contributed by atoms with Crippen molar-refractivity contribution in [2.45, 2.75) is 39.2 Å². The average molecular weight is 424 g/mol. The van der Waals surface area contributed by atoms with Crippen molar-refractivity contribution < 1.29 is 9.53 Å². The van der Waals surface area contributed by atoms with Gasteiger partial charge in [0.1, 0.15) is 5.82 Å². The van der Waals surface area contributed by atoms with Crippen LogP contribution in [0.5, 0.6) is 0 Å². The van der Waals surface area contributed by atoms with Crippen molar-refractivity contribution >= 4 is 23.6 Å². The number of carbonyl (C=O) groups excluding carboxylic acids is 1. The SMILES string of the molecule is CCCCc1ncc(/C=C(\Cc2ccncc2)C(=O)OC)n1Cc1ccccc1Cl. The Bertz CT molecular complexity index is 1010. The molecule has 0 radical (unpaired) electrons. The summed E-state index contributed by atoms with van der Waals surface area (Å²) in [4.78, 5) is 21.1. The molecule has 0 spiro atoms. The van der Waals surface area contributed by atoms with Gasteiger partial charge in [-0.3, -0.25) is 4.98 Å². The third-order valence-corrected chi connectivity index (χ3v) is 5.29. The highest BCUT2D eigenvalue weighted by molar-refractivity contribution is 6.31. The summed E-state index contributed by atoms with van der Waals surface area (Å²) in [6.45, 7) is 2.75. The average Bonchev–Trinajstić information content (AvgIpc) is 3.14. The summed E-state index contributed by atoms with van der Waals surface area (Å²) in [5, 5.41) is 0.715. The van der Waals surface area contributed by atoms with Crippen LogP contribution in [0.1, 0.15) is 42.4 Å². The number of aromatic nitrogens is 3. The van der Waals surface area contributed by atoms with Crippen LogP contribution in [0.15, 0.2) is 60.6 Å². The van der Waals surface area contributed by atoms with Gasteiger partial charge in [0.15, 0.2) is 0 Å². The minimum atomic E-state index is -0.354. The van der Waals surface area contributed by atoms with Gasteiger partial charge < -0.3 is 9.30 Å². The summed E-state index contributed by atoms with van der Waals surface area (Å²) in [7, 11) is 1.40. The number of imidazole rings is 1. The summed E-state index contributed by atoms with van der Waals surface area (Å²) in [5.74, 6) is 0.628. The first-order chi connectivity index (χ1) is 14.6. The van der Waals surface area contributed by atoms with Crippen molar-refractivity contribution in [3.05, 3.63) is 88.2 Å². The molecule has 3 rings (SSSR count). The minimum absolute atomic E-state index is 0.354. The molecule has 2 heterocycles. The van der Waals surface area contributed by atoms with Crippen LogP contribution in [0.25, 0.3) is 6.08 Å². The van der Waals surface area contributed by atoms with E-state index in [9.17, 15) is 4.79 Å². The van der Waals surface area contributed by atoms with E-state index in [1.54, 1.807) is 12.4 Å². The van der Waals surface area contributed by atoms with E-state index in [1.807, 2.05) is 48.7 Å². The number of esters is 1. The molecule has 0 aliphatic carbocycles. The Morgan fingerprint density at radius 1 is 1.20 bits per heavy atom. The van der Waals surface area contributed by atoms with E-state index in [2.05, 4.69) is 21.5 Å². The Morgan fingerprint density at radius 2 is 1.97 bits per heavy atom. The van der Waals surface area contributed by atoms with Crippen molar-refractivity contribution in [2.75, 3.05) is 7.11 Å². The first kappa shape index (κ1) is 21.8. The first-order valence-electron chi connectivity index (χ1n) is 10.1.